The second-order valence-corrected chi connectivity index (χ2v) is 7.87. The van der Waals surface area contributed by atoms with Crippen molar-refractivity contribution in [1.82, 2.24) is 9.88 Å². The minimum absolute atomic E-state index is 0.00392. The van der Waals surface area contributed by atoms with Crippen molar-refractivity contribution >= 4 is 41.1 Å². The summed E-state index contributed by atoms with van der Waals surface area (Å²) < 4.78 is 0. The van der Waals surface area contributed by atoms with Crippen molar-refractivity contribution in [1.29, 1.82) is 0 Å². The third-order valence-corrected chi connectivity index (χ3v) is 6.40. The van der Waals surface area contributed by atoms with Gasteiger partial charge in [-0.15, -0.1) is 11.3 Å². The van der Waals surface area contributed by atoms with E-state index in [1.807, 2.05) is 6.92 Å². The maximum atomic E-state index is 12.2. The number of β-lactam (4-membered cyclic amide) rings is 1. The van der Waals surface area contributed by atoms with Crippen LogP contribution in [0, 0.1) is 11.8 Å². The molecular formula is C16H18N2O5S2. The fraction of sp³-hybridized carbons (Fsp3) is 0.438. The highest BCUT2D eigenvalue weighted by molar-refractivity contribution is 8.06. The number of carbonyl (C=O) groups is 2. The molecule has 134 valence electrons. The van der Waals surface area contributed by atoms with Gasteiger partial charge in [-0.25, -0.2) is 9.78 Å². The van der Waals surface area contributed by atoms with Crippen LogP contribution in [0.4, 0.5) is 0 Å². The van der Waals surface area contributed by atoms with Gasteiger partial charge in [0.2, 0.25) is 5.91 Å². The van der Waals surface area contributed by atoms with Gasteiger partial charge in [0.25, 0.3) is 0 Å². The molecule has 0 unspecified atom stereocenters. The standard InChI is InChI=1S/C16H18N2O5S2/c1-7-12-11(8(2)20)15(21)18(12)13(16(22)23)14(7)24-4-3-10-17-9(5-19)6-25-10/h3-4,6-8,11-12,19-20H,5H2,1-2H3,(H,22,23)/b4-3-/t7-,8-,11-,12-/m1/s1. The molecule has 0 aliphatic carbocycles. The maximum Gasteiger partial charge on any atom is 0.353 e. The first kappa shape index (κ1) is 18.1. The second-order valence-electron chi connectivity index (χ2n) is 6.03. The van der Waals surface area contributed by atoms with Crippen LogP contribution in [0.1, 0.15) is 24.5 Å². The molecule has 0 aromatic carbocycles. The maximum absolute atomic E-state index is 12.2. The molecule has 0 radical (unpaired) electrons. The van der Waals surface area contributed by atoms with Crippen LogP contribution in [0.25, 0.3) is 6.08 Å². The monoisotopic (exact) mass is 382 g/mol. The van der Waals surface area contributed by atoms with E-state index in [0.29, 0.717) is 15.6 Å². The predicted octanol–water partition coefficient (Wildman–Crippen LogP) is 1.49. The smallest absolute Gasteiger partial charge is 0.353 e. The van der Waals surface area contributed by atoms with Gasteiger partial charge in [-0.2, -0.15) is 0 Å². The first-order valence-electron chi connectivity index (χ1n) is 7.73. The number of hydrogen-bond donors (Lipinski definition) is 3. The second kappa shape index (κ2) is 6.91. The van der Waals surface area contributed by atoms with Gasteiger partial charge in [0.05, 0.1) is 30.4 Å². The lowest BCUT2D eigenvalue weighted by atomic mass is 9.79. The Morgan fingerprint density at radius 3 is 2.84 bits per heavy atom. The van der Waals surface area contributed by atoms with Crippen LogP contribution in [0.3, 0.4) is 0 Å². The predicted molar refractivity (Wildman–Crippen MR) is 94.3 cm³/mol. The normalized spacial score (nSPS) is 27.0. The van der Waals surface area contributed by atoms with Gasteiger partial charge in [0, 0.05) is 16.2 Å². The summed E-state index contributed by atoms with van der Waals surface area (Å²) in [6.07, 6.45) is 0.940. The van der Waals surface area contributed by atoms with Crippen molar-refractivity contribution in [2.75, 3.05) is 0 Å². The lowest BCUT2D eigenvalue weighted by Gasteiger charge is -2.46. The number of aromatic nitrogens is 1. The quantitative estimate of drug-likeness (QED) is 0.639. The molecule has 0 spiro atoms. The zero-order valence-corrected chi connectivity index (χ0v) is 15.3. The lowest BCUT2D eigenvalue weighted by Crippen LogP contribution is -2.63. The minimum atomic E-state index is -1.14. The van der Waals surface area contributed by atoms with Gasteiger partial charge in [0.1, 0.15) is 10.7 Å². The van der Waals surface area contributed by atoms with Crippen LogP contribution in [-0.4, -0.2) is 49.2 Å². The number of thiazole rings is 1. The number of carbonyl (C=O) groups excluding carboxylic acids is 1. The summed E-state index contributed by atoms with van der Waals surface area (Å²) >= 11 is 2.63. The number of rotatable bonds is 6. The Morgan fingerprint density at radius 1 is 1.56 bits per heavy atom. The molecular weight excluding hydrogens is 364 g/mol. The zero-order valence-electron chi connectivity index (χ0n) is 13.6. The molecule has 2 aliphatic heterocycles. The number of thioether (sulfide) groups is 1. The van der Waals surface area contributed by atoms with Gasteiger partial charge in [-0.1, -0.05) is 18.7 Å². The van der Waals surface area contributed by atoms with E-state index in [-0.39, 0.29) is 30.2 Å². The number of carboxylic acid groups (broad SMARTS) is 1. The number of carboxylic acids is 1. The number of fused-ring (bicyclic) bond motifs is 1. The fourth-order valence-electron chi connectivity index (χ4n) is 3.32. The molecule has 0 saturated carbocycles. The van der Waals surface area contributed by atoms with Crippen LogP contribution in [0.2, 0.25) is 0 Å². The summed E-state index contributed by atoms with van der Waals surface area (Å²) in [6, 6.07) is -0.310. The third-order valence-electron chi connectivity index (χ3n) is 4.45. The highest BCUT2D eigenvalue weighted by Crippen LogP contribution is 2.50. The van der Waals surface area contributed by atoms with Gasteiger partial charge < -0.3 is 20.2 Å². The number of nitrogens with zero attached hydrogens (tertiary/aromatic N) is 2. The van der Waals surface area contributed by atoms with Crippen molar-refractivity contribution in [3.8, 4) is 0 Å². The van der Waals surface area contributed by atoms with Crippen LogP contribution in [-0.2, 0) is 16.2 Å². The van der Waals surface area contributed by atoms with E-state index in [0.717, 1.165) is 0 Å². The summed E-state index contributed by atoms with van der Waals surface area (Å²) in [5, 5.41) is 32.6. The summed E-state index contributed by atoms with van der Waals surface area (Å²) in [5.41, 5.74) is 0.591. The van der Waals surface area contributed by atoms with Crippen molar-refractivity contribution in [3.05, 3.63) is 32.1 Å². The number of aliphatic carboxylic acids is 1. The molecule has 25 heavy (non-hydrogen) atoms. The summed E-state index contributed by atoms with van der Waals surface area (Å²) in [5.74, 6) is -2.20. The van der Waals surface area contributed by atoms with Gasteiger partial charge in [-0.05, 0) is 18.4 Å². The number of aliphatic hydroxyl groups excluding tert-OH is 2. The Bertz CT molecular complexity index is 770. The largest absolute Gasteiger partial charge is 0.477 e. The summed E-state index contributed by atoms with van der Waals surface area (Å²) in [7, 11) is 0. The molecule has 2 aliphatic rings. The van der Waals surface area contributed by atoms with E-state index in [4.69, 9.17) is 5.11 Å². The third kappa shape index (κ3) is 3.01. The first-order valence-corrected chi connectivity index (χ1v) is 9.49. The fourth-order valence-corrected chi connectivity index (χ4v) is 5.10. The Morgan fingerprint density at radius 2 is 2.28 bits per heavy atom. The average molecular weight is 382 g/mol. The Balaban J connectivity index is 1.81. The topological polar surface area (TPSA) is 111 Å². The summed E-state index contributed by atoms with van der Waals surface area (Å²) in [6.45, 7) is 3.31. The van der Waals surface area contributed by atoms with Crippen molar-refractivity contribution in [2.45, 2.75) is 32.6 Å². The molecule has 4 atom stereocenters. The molecule has 1 amide bonds. The number of aliphatic hydroxyl groups is 2. The zero-order chi connectivity index (χ0) is 18.3. The van der Waals surface area contributed by atoms with E-state index in [2.05, 4.69) is 4.98 Å². The average Bonchev–Trinajstić information content (AvgIpc) is 3.09. The lowest BCUT2D eigenvalue weighted by molar-refractivity contribution is -0.163. The van der Waals surface area contributed by atoms with Gasteiger partial charge >= 0.3 is 5.97 Å². The Hall–Kier alpha value is -1.68. The molecule has 7 nitrogen and oxygen atoms in total. The van der Waals surface area contributed by atoms with E-state index in [1.165, 1.54) is 28.0 Å². The minimum Gasteiger partial charge on any atom is -0.477 e. The van der Waals surface area contributed by atoms with Crippen molar-refractivity contribution in [2.24, 2.45) is 11.8 Å². The van der Waals surface area contributed by atoms with E-state index >= 15 is 0 Å². The number of hydrogen-bond acceptors (Lipinski definition) is 7. The van der Waals surface area contributed by atoms with Crippen molar-refractivity contribution < 1.29 is 24.9 Å². The van der Waals surface area contributed by atoms with Crippen LogP contribution in [0.15, 0.2) is 21.4 Å². The molecule has 1 saturated heterocycles. The molecule has 3 N–H and O–H groups in total. The molecule has 0 bridgehead atoms. The molecule has 3 rings (SSSR count). The Labute approximate surface area is 152 Å². The molecule has 1 aromatic rings. The van der Waals surface area contributed by atoms with E-state index in [1.54, 1.807) is 23.8 Å². The van der Waals surface area contributed by atoms with E-state index in [9.17, 15) is 19.8 Å². The number of amides is 1. The van der Waals surface area contributed by atoms with Crippen molar-refractivity contribution in [3.63, 3.8) is 0 Å². The van der Waals surface area contributed by atoms with Gasteiger partial charge in [-0.3, -0.25) is 4.79 Å². The van der Waals surface area contributed by atoms with E-state index < -0.39 is 18.0 Å². The first-order chi connectivity index (χ1) is 11.9. The highest BCUT2D eigenvalue weighted by atomic mass is 32.2. The molecule has 3 heterocycles. The molecule has 9 heteroatoms. The Kier molecular flexibility index (Phi) is 5.01. The molecule has 1 aromatic heterocycles. The SMILES string of the molecule is C[C@@H](O)[C@H]1C(=O)N2C(C(=O)O)=C(S/C=C\c3nc(CO)cs3)[C@H](C)[C@H]12. The van der Waals surface area contributed by atoms with Crippen LogP contribution >= 0.6 is 23.1 Å². The van der Waals surface area contributed by atoms with Gasteiger partial charge in [0.15, 0.2) is 0 Å². The highest BCUT2D eigenvalue weighted by Gasteiger charge is 2.59. The van der Waals surface area contributed by atoms with Crippen LogP contribution < -0.4 is 0 Å². The molecule has 1 fully saturated rings. The van der Waals surface area contributed by atoms with Crippen LogP contribution in [0.5, 0.6) is 0 Å². The summed E-state index contributed by atoms with van der Waals surface area (Å²) in [4.78, 5) is 30.0.